The summed E-state index contributed by atoms with van der Waals surface area (Å²) < 4.78 is 1.87. The highest BCUT2D eigenvalue weighted by molar-refractivity contribution is 5.96. The molecule has 1 heterocycles. The van der Waals surface area contributed by atoms with Gasteiger partial charge >= 0.3 is 0 Å². The van der Waals surface area contributed by atoms with Crippen LogP contribution in [0.3, 0.4) is 0 Å². The molecule has 0 fully saturated rings. The predicted molar refractivity (Wildman–Crippen MR) is 131 cm³/mol. The SMILES string of the molecule is Cc1ccc(C)c(NC(=O)Cn2c(C(C)NC(=O)c3ccccc3C)nc3ccccc32)c1. The molecule has 0 bridgehead atoms. The number of carbonyl (C=O) groups excluding carboxylic acids is 2. The number of para-hydroxylation sites is 2. The number of nitrogens with one attached hydrogen (secondary N) is 2. The molecule has 6 heteroatoms. The molecule has 168 valence electrons. The summed E-state index contributed by atoms with van der Waals surface area (Å²) in [5.74, 6) is 0.318. The maximum Gasteiger partial charge on any atom is 0.252 e. The molecule has 1 unspecified atom stereocenters. The van der Waals surface area contributed by atoms with Crippen LogP contribution in [0.2, 0.25) is 0 Å². The zero-order chi connectivity index (χ0) is 23.5. The Morgan fingerprint density at radius 3 is 2.45 bits per heavy atom. The summed E-state index contributed by atoms with van der Waals surface area (Å²) in [6.45, 7) is 7.85. The van der Waals surface area contributed by atoms with E-state index in [-0.39, 0.29) is 18.4 Å². The summed E-state index contributed by atoms with van der Waals surface area (Å²) >= 11 is 0. The highest BCUT2D eigenvalue weighted by Crippen LogP contribution is 2.22. The average molecular weight is 441 g/mol. The fourth-order valence-corrected chi connectivity index (χ4v) is 3.96. The van der Waals surface area contributed by atoms with E-state index in [4.69, 9.17) is 4.98 Å². The molecule has 1 atom stereocenters. The van der Waals surface area contributed by atoms with E-state index in [0.717, 1.165) is 33.4 Å². The Kier molecular flexibility index (Phi) is 6.27. The molecule has 0 spiro atoms. The van der Waals surface area contributed by atoms with Gasteiger partial charge in [-0.1, -0.05) is 42.5 Å². The molecule has 1 aromatic heterocycles. The number of fused-ring (bicyclic) bond motifs is 1. The van der Waals surface area contributed by atoms with Crippen molar-refractivity contribution in [2.75, 3.05) is 5.32 Å². The monoisotopic (exact) mass is 440 g/mol. The minimum atomic E-state index is -0.391. The number of benzene rings is 3. The Hall–Kier alpha value is -3.93. The van der Waals surface area contributed by atoms with Crippen molar-refractivity contribution in [2.24, 2.45) is 0 Å². The molecule has 0 saturated carbocycles. The van der Waals surface area contributed by atoms with Gasteiger partial charge in [0.15, 0.2) is 0 Å². The van der Waals surface area contributed by atoms with Crippen molar-refractivity contribution in [3.8, 4) is 0 Å². The largest absolute Gasteiger partial charge is 0.342 e. The number of aryl methyl sites for hydroxylation is 3. The summed E-state index contributed by atoms with van der Waals surface area (Å²) in [5, 5.41) is 6.06. The molecule has 3 aromatic carbocycles. The molecule has 4 rings (SSSR count). The first-order chi connectivity index (χ1) is 15.8. The highest BCUT2D eigenvalue weighted by Gasteiger charge is 2.21. The third-order valence-corrected chi connectivity index (χ3v) is 5.78. The van der Waals surface area contributed by atoms with Crippen LogP contribution in [-0.2, 0) is 11.3 Å². The zero-order valence-corrected chi connectivity index (χ0v) is 19.3. The van der Waals surface area contributed by atoms with Crippen LogP contribution in [0.4, 0.5) is 5.69 Å². The van der Waals surface area contributed by atoms with Gasteiger partial charge in [-0.15, -0.1) is 0 Å². The van der Waals surface area contributed by atoms with Gasteiger partial charge in [-0.3, -0.25) is 9.59 Å². The van der Waals surface area contributed by atoms with Gasteiger partial charge in [0.2, 0.25) is 5.91 Å². The van der Waals surface area contributed by atoms with E-state index in [0.29, 0.717) is 11.4 Å². The fourth-order valence-electron chi connectivity index (χ4n) is 3.96. The van der Waals surface area contributed by atoms with E-state index < -0.39 is 6.04 Å². The van der Waals surface area contributed by atoms with Crippen molar-refractivity contribution in [3.05, 3.63) is 94.8 Å². The molecule has 6 nitrogen and oxygen atoms in total. The Balaban J connectivity index is 1.61. The fraction of sp³-hybridized carbons (Fsp3) is 0.222. The Bertz CT molecular complexity index is 1340. The standard InChI is InChI=1S/C27H28N4O2/c1-17-13-14-19(3)23(15-17)29-25(32)16-31-24-12-8-7-11-22(24)30-26(31)20(4)28-27(33)21-10-6-5-9-18(21)2/h5-15,20H,16H2,1-4H3,(H,28,33)(H,29,32). The third kappa shape index (κ3) is 4.80. The van der Waals surface area contributed by atoms with Crippen molar-refractivity contribution in [1.29, 1.82) is 0 Å². The second-order valence-corrected chi connectivity index (χ2v) is 8.42. The molecule has 0 aliphatic carbocycles. The number of carbonyl (C=O) groups is 2. The van der Waals surface area contributed by atoms with Gasteiger partial charge in [0.25, 0.3) is 5.91 Å². The van der Waals surface area contributed by atoms with E-state index in [1.54, 1.807) is 6.07 Å². The molecule has 0 radical (unpaired) electrons. The van der Waals surface area contributed by atoms with Crippen LogP contribution in [0.1, 0.15) is 45.8 Å². The summed E-state index contributed by atoms with van der Waals surface area (Å²) in [5.41, 5.74) is 6.04. The van der Waals surface area contributed by atoms with Crippen molar-refractivity contribution in [2.45, 2.75) is 40.3 Å². The molecule has 33 heavy (non-hydrogen) atoms. The third-order valence-electron chi connectivity index (χ3n) is 5.78. The second kappa shape index (κ2) is 9.28. The van der Waals surface area contributed by atoms with Gasteiger partial charge in [0, 0.05) is 11.3 Å². The van der Waals surface area contributed by atoms with Crippen molar-refractivity contribution < 1.29 is 9.59 Å². The molecule has 0 aliphatic rings. The minimum Gasteiger partial charge on any atom is -0.342 e. The number of aromatic nitrogens is 2. The summed E-state index contributed by atoms with van der Waals surface area (Å²) in [6, 6.07) is 20.7. The number of amides is 2. The number of imidazole rings is 1. The van der Waals surface area contributed by atoms with Crippen molar-refractivity contribution >= 4 is 28.5 Å². The number of hydrogen-bond donors (Lipinski definition) is 2. The highest BCUT2D eigenvalue weighted by atomic mass is 16.2. The molecule has 0 aliphatic heterocycles. The minimum absolute atomic E-state index is 0.0911. The lowest BCUT2D eigenvalue weighted by Gasteiger charge is -2.17. The van der Waals surface area contributed by atoms with E-state index in [2.05, 4.69) is 10.6 Å². The number of hydrogen-bond acceptors (Lipinski definition) is 3. The van der Waals surface area contributed by atoms with Crippen LogP contribution in [0.15, 0.2) is 66.7 Å². The van der Waals surface area contributed by atoms with Crippen LogP contribution < -0.4 is 10.6 Å². The summed E-state index contributed by atoms with van der Waals surface area (Å²) in [7, 11) is 0. The number of anilines is 1. The Morgan fingerprint density at radius 2 is 1.67 bits per heavy atom. The van der Waals surface area contributed by atoms with Gasteiger partial charge in [-0.2, -0.15) is 0 Å². The summed E-state index contributed by atoms with van der Waals surface area (Å²) in [4.78, 5) is 30.6. The maximum absolute atomic E-state index is 13.0. The Morgan fingerprint density at radius 1 is 0.939 bits per heavy atom. The van der Waals surface area contributed by atoms with Crippen LogP contribution >= 0.6 is 0 Å². The molecular weight excluding hydrogens is 412 g/mol. The van der Waals surface area contributed by atoms with Crippen molar-refractivity contribution in [1.82, 2.24) is 14.9 Å². The first-order valence-corrected chi connectivity index (χ1v) is 11.0. The Labute approximate surface area is 193 Å². The van der Waals surface area contributed by atoms with E-state index in [1.807, 2.05) is 92.9 Å². The van der Waals surface area contributed by atoms with E-state index in [9.17, 15) is 9.59 Å². The maximum atomic E-state index is 13.0. The number of nitrogens with zero attached hydrogens (tertiary/aromatic N) is 2. The van der Waals surface area contributed by atoms with Crippen LogP contribution in [-0.4, -0.2) is 21.4 Å². The normalized spacial score (nSPS) is 11.9. The van der Waals surface area contributed by atoms with Gasteiger partial charge in [0.05, 0.1) is 17.1 Å². The summed E-state index contributed by atoms with van der Waals surface area (Å²) in [6.07, 6.45) is 0. The average Bonchev–Trinajstić information content (AvgIpc) is 3.15. The molecule has 2 amide bonds. The zero-order valence-electron chi connectivity index (χ0n) is 19.3. The van der Waals surface area contributed by atoms with Crippen molar-refractivity contribution in [3.63, 3.8) is 0 Å². The molecule has 0 saturated heterocycles. The first-order valence-electron chi connectivity index (χ1n) is 11.0. The quantitative estimate of drug-likeness (QED) is 0.438. The first kappa shape index (κ1) is 22.3. The smallest absolute Gasteiger partial charge is 0.252 e. The number of rotatable bonds is 6. The van der Waals surface area contributed by atoms with E-state index in [1.165, 1.54) is 0 Å². The van der Waals surface area contributed by atoms with Gasteiger partial charge in [-0.05, 0) is 68.7 Å². The van der Waals surface area contributed by atoms with Gasteiger partial charge in [0.1, 0.15) is 12.4 Å². The van der Waals surface area contributed by atoms with E-state index >= 15 is 0 Å². The van der Waals surface area contributed by atoms with Crippen LogP contribution in [0, 0.1) is 20.8 Å². The lowest BCUT2D eigenvalue weighted by molar-refractivity contribution is -0.116. The predicted octanol–water partition coefficient (Wildman–Crippen LogP) is 5.09. The molecular formula is C27H28N4O2. The lowest BCUT2D eigenvalue weighted by Crippen LogP contribution is -2.30. The van der Waals surface area contributed by atoms with Crippen LogP contribution in [0.25, 0.3) is 11.0 Å². The van der Waals surface area contributed by atoms with Crippen LogP contribution in [0.5, 0.6) is 0 Å². The van der Waals surface area contributed by atoms with Gasteiger partial charge < -0.3 is 15.2 Å². The topological polar surface area (TPSA) is 76.0 Å². The lowest BCUT2D eigenvalue weighted by atomic mass is 10.1. The van der Waals surface area contributed by atoms with Gasteiger partial charge in [-0.25, -0.2) is 4.98 Å². The second-order valence-electron chi connectivity index (χ2n) is 8.42. The molecule has 2 N–H and O–H groups in total. The molecule has 4 aromatic rings.